The number of rotatable bonds is 9. The molecule has 0 unspecified atom stereocenters. The SMILES string of the molecule is CCOCCOc1nc(-c2cccc(F)c2)n(-c2ccc(NC(=O)CC)cc2)n1. The van der Waals surface area contributed by atoms with E-state index in [1.807, 2.05) is 6.92 Å². The van der Waals surface area contributed by atoms with Gasteiger partial charge in [-0.25, -0.2) is 9.07 Å². The predicted molar refractivity (Wildman–Crippen MR) is 108 cm³/mol. The smallest absolute Gasteiger partial charge is 0.336 e. The molecule has 0 aliphatic heterocycles. The quantitative estimate of drug-likeness (QED) is 0.554. The van der Waals surface area contributed by atoms with E-state index in [0.29, 0.717) is 49.0 Å². The molecular weight excluding hydrogens is 375 g/mol. The minimum Gasteiger partial charge on any atom is -0.460 e. The van der Waals surface area contributed by atoms with Crippen LogP contribution in [0.5, 0.6) is 6.01 Å². The summed E-state index contributed by atoms with van der Waals surface area (Å²) in [6, 6.07) is 13.4. The van der Waals surface area contributed by atoms with E-state index in [2.05, 4.69) is 15.4 Å². The van der Waals surface area contributed by atoms with Crippen molar-refractivity contribution in [2.24, 2.45) is 0 Å². The molecule has 0 aliphatic rings. The van der Waals surface area contributed by atoms with Gasteiger partial charge in [-0.15, -0.1) is 5.10 Å². The Bertz CT molecular complexity index is 957. The van der Waals surface area contributed by atoms with Gasteiger partial charge in [-0.3, -0.25) is 4.79 Å². The molecule has 1 aromatic heterocycles. The van der Waals surface area contributed by atoms with E-state index < -0.39 is 0 Å². The summed E-state index contributed by atoms with van der Waals surface area (Å²) in [5, 5.41) is 7.21. The molecule has 0 radical (unpaired) electrons. The molecule has 0 saturated heterocycles. The van der Waals surface area contributed by atoms with E-state index in [0.717, 1.165) is 0 Å². The lowest BCUT2D eigenvalue weighted by Gasteiger charge is -2.08. The fraction of sp³-hybridized carbons (Fsp3) is 0.286. The largest absolute Gasteiger partial charge is 0.460 e. The molecule has 0 fully saturated rings. The molecule has 0 bridgehead atoms. The van der Waals surface area contributed by atoms with Crippen molar-refractivity contribution < 1.29 is 18.7 Å². The average Bonchev–Trinajstić information content (AvgIpc) is 3.16. The number of aromatic nitrogens is 3. The minimum atomic E-state index is -0.367. The standard InChI is InChI=1S/C21H23FN4O3/c1-3-19(27)23-17-8-10-18(11-9-17)26-20(15-6-5-7-16(22)14-15)24-21(25-26)29-13-12-28-4-2/h5-11,14H,3-4,12-13H2,1-2H3,(H,23,27). The molecule has 2 aromatic carbocycles. The van der Waals surface area contributed by atoms with Crippen LogP contribution < -0.4 is 10.1 Å². The summed E-state index contributed by atoms with van der Waals surface area (Å²) in [5.74, 6) is 0.0127. The number of nitrogens with one attached hydrogen (secondary N) is 1. The molecule has 3 aromatic rings. The summed E-state index contributed by atoms with van der Waals surface area (Å²) in [5.41, 5.74) is 1.95. The monoisotopic (exact) mass is 398 g/mol. The minimum absolute atomic E-state index is 0.0658. The van der Waals surface area contributed by atoms with Gasteiger partial charge in [-0.05, 0) is 43.3 Å². The highest BCUT2D eigenvalue weighted by molar-refractivity contribution is 5.90. The molecule has 152 valence electrons. The fourth-order valence-electron chi connectivity index (χ4n) is 2.62. The highest BCUT2D eigenvalue weighted by Gasteiger charge is 2.15. The van der Waals surface area contributed by atoms with Gasteiger partial charge in [-0.1, -0.05) is 19.1 Å². The van der Waals surface area contributed by atoms with Crippen LogP contribution in [0.15, 0.2) is 48.5 Å². The van der Waals surface area contributed by atoms with E-state index in [1.165, 1.54) is 12.1 Å². The second-order valence-corrected chi connectivity index (χ2v) is 6.13. The summed E-state index contributed by atoms with van der Waals surface area (Å²) < 4.78 is 26.2. The first-order valence-electron chi connectivity index (χ1n) is 9.44. The third-order valence-electron chi connectivity index (χ3n) is 4.05. The number of nitrogens with zero attached hydrogens (tertiary/aromatic N) is 3. The Hall–Kier alpha value is -3.26. The lowest BCUT2D eigenvalue weighted by Crippen LogP contribution is -2.09. The highest BCUT2D eigenvalue weighted by atomic mass is 19.1. The lowest BCUT2D eigenvalue weighted by atomic mass is 10.2. The van der Waals surface area contributed by atoms with Crippen LogP contribution >= 0.6 is 0 Å². The molecule has 7 nitrogen and oxygen atoms in total. The molecule has 1 N–H and O–H groups in total. The maximum absolute atomic E-state index is 13.7. The molecule has 0 atom stereocenters. The lowest BCUT2D eigenvalue weighted by molar-refractivity contribution is -0.115. The number of carbonyl (C=O) groups is 1. The average molecular weight is 398 g/mol. The van der Waals surface area contributed by atoms with Gasteiger partial charge in [0.2, 0.25) is 5.91 Å². The topological polar surface area (TPSA) is 78.3 Å². The van der Waals surface area contributed by atoms with Crippen molar-refractivity contribution in [1.82, 2.24) is 14.8 Å². The highest BCUT2D eigenvalue weighted by Crippen LogP contribution is 2.25. The Balaban J connectivity index is 1.91. The summed E-state index contributed by atoms with van der Waals surface area (Å²) in [6.07, 6.45) is 0.400. The van der Waals surface area contributed by atoms with Crippen molar-refractivity contribution in [3.05, 3.63) is 54.3 Å². The molecule has 0 spiro atoms. The zero-order valence-corrected chi connectivity index (χ0v) is 16.4. The first kappa shape index (κ1) is 20.5. The van der Waals surface area contributed by atoms with Gasteiger partial charge in [0.25, 0.3) is 0 Å². The van der Waals surface area contributed by atoms with Gasteiger partial charge in [0, 0.05) is 24.3 Å². The Labute approximate surface area is 168 Å². The Morgan fingerprint density at radius 1 is 1.14 bits per heavy atom. The molecule has 3 rings (SSSR count). The second kappa shape index (κ2) is 9.79. The van der Waals surface area contributed by atoms with Crippen LogP contribution in [0.1, 0.15) is 20.3 Å². The number of benzene rings is 2. The van der Waals surface area contributed by atoms with Crippen LogP contribution in [0.2, 0.25) is 0 Å². The predicted octanol–water partition coefficient (Wildman–Crippen LogP) is 3.84. The first-order chi connectivity index (χ1) is 14.1. The van der Waals surface area contributed by atoms with E-state index >= 15 is 0 Å². The Kier molecular flexibility index (Phi) is 6.91. The zero-order valence-electron chi connectivity index (χ0n) is 16.4. The van der Waals surface area contributed by atoms with Gasteiger partial charge < -0.3 is 14.8 Å². The number of ether oxygens (including phenoxy) is 2. The molecule has 8 heteroatoms. The Morgan fingerprint density at radius 2 is 1.93 bits per heavy atom. The maximum atomic E-state index is 13.7. The molecule has 0 saturated carbocycles. The number of amides is 1. The van der Waals surface area contributed by atoms with Crippen LogP contribution in [-0.2, 0) is 9.53 Å². The van der Waals surface area contributed by atoms with Crippen molar-refractivity contribution in [1.29, 1.82) is 0 Å². The molecule has 0 aliphatic carbocycles. The van der Waals surface area contributed by atoms with E-state index in [1.54, 1.807) is 48.0 Å². The summed E-state index contributed by atoms with van der Waals surface area (Å²) in [7, 11) is 0. The van der Waals surface area contributed by atoms with Gasteiger partial charge in [0.05, 0.1) is 12.3 Å². The van der Waals surface area contributed by atoms with Crippen LogP contribution in [-0.4, -0.2) is 40.5 Å². The molecule has 1 heterocycles. The van der Waals surface area contributed by atoms with E-state index in [-0.39, 0.29) is 17.7 Å². The summed E-state index contributed by atoms with van der Waals surface area (Å²) in [4.78, 5) is 16.0. The van der Waals surface area contributed by atoms with Crippen LogP contribution in [0.25, 0.3) is 17.1 Å². The Morgan fingerprint density at radius 3 is 2.62 bits per heavy atom. The van der Waals surface area contributed by atoms with E-state index in [9.17, 15) is 9.18 Å². The van der Waals surface area contributed by atoms with Crippen molar-refractivity contribution in [2.45, 2.75) is 20.3 Å². The number of anilines is 1. The number of hydrogen-bond donors (Lipinski definition) is 1. The number of halogens is 1. The maximum Gasteiger partial charge on any atom is 0.336 e. The normalized spacial score (nSPS) is 10.7. The fourth-order valence-corrected chi connectivity index (χ4v) is 2.62. The van der Waals surface area contributed by atoms with Gasteiger partial charge in [0.1, 0.15) is 12.4 Å². The van der Waals surface area contributed by atoms with Crippen molar-refractivity contribution in [3.8, 4) is 23.1 Å². The van der Waals surface area contributed by atoms with Crippen molar-refractivity contribution in [3.63, 3.8) is 0 Å². The second-order valence-electron chi connectivity index (χ2n) is 6.13. The molecular formula is C21H23FN4O3. The third kappa shape index (κ3) is 5.39. The summed E-state index contributed by atoms with van der Waals surface area (Å²) >= 11 is 0. The summed E-state index contributed by atoms with van der Waals surface area (Å²) in [6.45, 7) is 5.02. The molecule has 1 amide bonds. The van der Waals surface area contributed by atoms with Crippen molar-refractivity contribution in [2.75, 3.05) is 25.1 Å². The van der Waals surface area contributed by atoms with E-state index in [4.69, 9.17) is 9.47 Å². The van der Waals surface area contributed by atoms with Crippen LogP contribution in [0.3, 0.4) is 0 Å². The van der Waals surface area contributed by atoms with Gasteiger partial charge >= 0.3 is 6.01 Å². The zero-order chi connectivity index (χ0) is 20.6. The van der Waals surface area contributed by atoms with Gasteiger partial charge in [-0.2, -0.15) is 4.98 Å². The van der Waals surface area contributed by atoms with Crippen LogP contribution in [0, 0.1) is 5.82 Å². The van der Waals surface area contributed by atoms with Crippen molar-refractivity contribution >= 4 is 11.6 Å². The number of hydrogen-bond acceptors (Lipinski definition) is 5. The third-order valence-corrected chi connectivity index (χ3v) is 4.05. The first-order valence-corrected chi connectivity index (χ1v) is 9.44. The number of carbonyl (C=O) groups excluding carboxylic acids is 1. The van der Waals surface area contributed by atoms with Crippen LogP contribution in [0.4, 0.5) is 10.1 Å². The van der Waals surface area contributed by atoms with Gasteiger partial charge in [0.15, 0.2) is 5.82 Å². The molecule has 29 heavy (non-hydrogen) atoms.